The molecule has 2 nitrogen and oxygen atoms in total. The third-order valence-electron chi connectivity index (χ3n) is 3.04. The minimum absolute atomic E-state index is 0.140. The highest BCUT2D eigenvalue weighted by Crippen LogP contribution is 2.38. The van der Waals surface area contributed by atoms with Gasteiger partial charge in [0.05, 0.1) is 15.7 Å². The van der Waals surface area contributed by atoms with Crippen LogP contribution in [0.2, 0.25) is 0 Å². The predicted octanol–water partition coefficient (Wildman–Crippen LogP) is 3.42. The van der Waals surface area contributed by atoms with Gasteiger partial charge >= 0.3 is 6.18 Å². The lowest BCUT2D eigenvalue weighted by Gasteiger charge is -2.28. The van der Waals surface area contributed by atoms with E-state index >= 15 is 0 Å². The molecule has 106 valence electrons. The third kappa shape index (κ3) is 2.78. The summed E-state index contributed by atoms with van der Waals surface area (Å²) in [6.07, 6.45) is -4.51. The van der Waals surface area contributed by atoms with Crippen LogP contribution in [-0.4, -0.2) is 22.2 Å². The zero-order valence-electron chi connectivity index (χ0n) is 10.9. The standard InChI is InChI=1S/C13H15F3O2S/c1-12(2,3)8-4-5-9-10(6-8)19(17)11(7-18-9)13(14,15)16/h4-6,11H,7H2,1-3H3. The second kappa shape index (κ2) is 4.51. The number of rotatable bonds is 0. The molecule has 0 aliphatic carbocycles. The first-order valence-electron chi connectivity index (χ1n) is 5.85. The summed E-state index contributed by atoms with van der Waals surface area (Å²) >= 11 is 0. The maximum atomic E-state index is 12.7. The molecule has 1 aliphatic rings. The molecule has 0 spiro atoms. The van der Waals surface area contributed by atoms with Crippen molar-refractivity contribution in [2.45, 2.75) is 42.5 Å². The van der Waals surface area contributed by atoms with Crippen LogP contribution >= 0.6 is 0 Å². The van der Waals surface area contributed by atoms with Crippen molar-refractivity contribution in [2.75, 3.05) is 6.61 Å². The van der Waals surface area contributed by atoms with Crippen molar-refractivity contribution >= 4 is 10.8 Å². The Morgan fingerprint density at radius 3 is 2.42 bits per heavy atom. The summed E-state index contributed by atoms with van der Waals surface area (Å²) in [5.41, 5.74) is 0.621. The molecule has 0 N–H and O–H groups in total. The molecule has 0 radical (unpaired) electrons. The Morgan fingerprint density at radius 2 is 1.89 bits per heavy atom. The van der Waals surface area contributed by atoms with Gasteiger partial charge in [-0.3, -0.25) is 4.21 Å². The molecule has 0 amide bonds. The summed E-state index contributed by atoms with van der Waals surface area (Å²) < 4.78 is 55.4. The van der Waals surface area contributed by atoms with E-state index in [1.54, 1.807) is 18.2 Å². The average molecular weight is 292 g/mol. The number of hydrogen-bond acceptors (Lipinski definition) is 2. The number of halogens is 3. The van der Waals surface area contributed by atoms with Crippen LogP contribution in [0.3, 0.4) is 0 Å². The van der Waals surface area contributed by atoms with Gasteiger partial charge in [-0.2, -0.15) is 13.2 Å². The van der Waals surface area contributed by atoms with E-state index in [2.05, 4.69) is 0 Å². The molecule has 19 heavy (non-hydrogen) atoms. The van der Waals surface area contributed by atoms with E-state index in [1.165, 1.54) is 0 Å². The highest BCUT2D eigenvalue weighted by Gasteiger charge is 2.47. The molecule has 1 aromatic rings. The van der Waals surface area contributed by atoms with Crippen LogP contribution in [0.25, 0.3) is 0 Å². The Morgan fingerprint density at radius 1 is 1.26 bits per heavy atom. The first-order chi connectivity index (χ1) is 8.60. The monoisotopic (exact) mass is 292 g/mol. The number of fused-ring (bicyclic) bond motifs is 1. The van der Waals surface area contributed by atoms with Gasteiger partial charge in [-0.1, -0.05) is 26.8 Å². The summed E-state index contributed by atoms with van der Waals surface area (Å²) in [4.78, 5) is 0.140. The van der Waals surface area contributed by atoms with E-state index < -0.39 is 28.8 Å². The Balaban J connectivity index is 2.45. The quantitative estimate of drug-likeness (QED) is 0.732. The van der Waals surface area contributed by atoms with Crippen molar-refractivity contribution in [2.24, 2.45) is 0 Å². The molecule has 2 unspecified atom stereocenters. The van der Waals surface area contributed by atoms with Crippen LogP contribution in [0.4, 0.5) is 13.2 Å². The molecule has 6 heteroatoms. The lowest BCUT2D eigenvalue weighted by molar-refractivity contribution is -0.135. The maximum Gasteiger partial charge on any atom is 0.406 e. The van der Waals surface area contributed by atoms with Crippen molar-refractivity contribution in [1.29, 1.82) is 0 Å². The normalized spacial score (nSPS) is 23.7. The Bertz CT molecular complexity index is 518. The molecule has 2 atom stereocenters. The van der Waals surface area contributed by atoms with Gasteiger partial charge in [-0.15, -0.1) is 0 Å². The van der Waals surface area contributed by atoms with E-state index in [4.69, 9.17) is 4.74 Å². The predicted molar refractivity (Wildman–Crippen MR) is 66.9 cm³/mol. The first-order valence-corrected chi connectivity index (χ1v) is 7.06. The number of ether oxygens (including phenoxy) is 1. The lowest BCUT2D eigenvalue weighted by atomic mass is 9.87. The van der Waals surface area contributed by atoms with Gasteiger partial charge in [0.2, 0.25) is 0 Å². The minimum Gasteiger partial charge on any atom is -0.491 e. The molecule has 0 saturated heterocycles. The largest absolute Gasteiger partial charge is 0.491 e. The fraction of sp³-hybridized carbons (Fsp3) is 0.538. The van der Waals surface area contributed by atoms with Gasteiger partial charge in [-0.05, 0) is 23.1 Å². The summed E-state index contributed by atoms with van der Waals surface area (Å²) in [7, 11) is -2.12. The topological polar surface area (TPSA) is 26.3 Å². The zero-order chi connectivity index (χ0) is 14.4. The Hall–Kier alpha value is -1.04. The second-order valence-corrected chi connectivity index (χ2v) is 7.15. The zero-order valence-corrected chi connectivity index (χ0v) is 11.7. The fourth-order valence-corrected chi connectivity index (χ4v) is 3.16. The molecule has 1 aliphatic heterocycles. The van der Waals surface area contributed by atoms with E-state index in [0.29, 0.717) is 0 Å². The summed E-state index contributed by atoms with van der Waals surface area (Å²) in [5.74, 6) is 0.284. The van der Waals surface area contributed by atoms with Crippen LogP contribution < -0.4 is 4.74 Å². The van der Waals surface area contributed by atoms with Crippen molar-refractivity contribution in [1.82, 2.24) is 0 Å². The van der Waals surface area contributed by atoms with Crippen molar-refractivity contribution in [3.8, 4) is 5.75 Å². The van der Waals surface area contributed by atoms with Crippen LogP contribution in [-0.2, 0) is 16.2 Å². The SMILES string of the molecule is CC(C)(C)c1ccc2c(c1)S(=O)C(C(F)(F)F)CO2. The van der Waals surface area contributed by atoms with Gasteiger partial charge in [0.25, 0.3) is 0 Å². The number of hydrogen-bond donors (Lipinski definition) is 0. The molecule has 0 saturated carbocycles. The molecular weight excluding hydrogens is 277 g/mol. The Labute approximate surface area is 112 Å². The fourth-order valence-electron chi connectivity index (χ4n) is 1.85. The van der Waals surface area contributed by atoms with Crippen LogP contribution in [0, 0.1) is 0 Å². The number of alkyl halides is 3. The highest BCUT2D eigenvalue weighted by atomic mass is 32.2. The number of benzene rings is 1. The van der Waals surface area contributed by atoms with E-state index in [-0.39, 0.29) is 16.1 Å². The summed E-state index contributed by atoms with van der Waals surface area (Å²) in [6, 6.07) is 4.95. The van der Waals surface area contributed by atoms with Crippen molar-refractivity contribution < 1.29 is 22.1 Å². The van der Waals surface area contributed by atoms with E-state index in [0.717, 1.165) is 5.56 Å². The van der Waals surface area contributed by atoms with E-state index in [1.807, 2.05) is 20.8 Å². The lowest BCUT2D eigenvalue weighted by Crippen LogP contribution is -2.41. The molecule has 0 aromatic heterocycles. The van der Waals surface area contributed by atoms with Gasteiger partial charge in [0.15, 0.2) is 5.25 Å². The van der Waals surface area contributed by atoms with Crippen molar-refractivity contribution in [3.05, 3.63) is 23.8 Å². The second-order valence-electron chi connectivity index (χ2n) is 5.55. The summed E-state index contributed by atoms with van der Waals surface area (Å²) in [5, 5.41) is -1.95. The van der Waals surface area contributed by atoms with Gasteiger partial charge in [0, 0.05) is 0 Å². The molecule has 1 heterocycles. The highest BCUT2D eigenvalue weighted by molar-refractivity contribution is 7.86. The molecule has 2 rings (SSSR count). The smallest absolute Gasteiger partial charge is 0.406 e. The molecule has 0 bridgehead atoms. The first kappa shape index (κ1) is 14.4. The van der Waals surface area contributed by atoms with Crippen LogP contribution in [0.5, 0.6) is 5.75 Å². The third-order valence-corrected chi connectivity index (χ3v) is 4.71. The minimum atomic E-state index is -4.51. The van der Waals surface area contributed by atoms with Gasteiger partial charge < -0.3 is 4.74 Å². The van der Waals surface area contributed by atoms with Gasteiger partial charge in [0.1, 0.15) is 12.4 Å². The van der Waals surface area contributed by atoms with Gasteiger partial charge in [-0.25, -0.2) is 0 Å². The molecular formula is C13H15F3O2S. The molecule has 0 fully saturated rings. The average Bonchev–Trinajstić information content (AvgIpc) is 2.26. The van der Waals surface area contributed by atoms with Crippen LogP contribution in [0.15, 0.2) is 23.1 Å². The summed E-state index contributed by atoms with van der Waals surface area (Å²) in [6.45, 7) is 5.26. The van der Waals surface area contributed by atoms with Crippen LogP contribution in [0.1, 0.15) is 26.3 Å². The maximum absolute atomic E-state index is 12.7. The van der Waals surface area contributed by atoms with Crippen molar-refractivity contribution in [3.63, 3.8) is 0 Å². The molecule has 1 aromatic carbocycles. The Kier molecular flexibility index (Phi) is 3.41. The van der Waals surface area contributed by atoms with E-state index in [9.17, 15) is 17.4 Å².